The van der Waals surface area contributed by atoms with E-state index >= 15 is 0 Å². The molecule has 176 valence electrons. The van der Waals surface area contributed by atoms with Crippen LogP contribution in [0.4, 0.5) is 13.2 Å². The van der Waals surface area contributed by atoms with Gasteiger partial charge in [-0.1, -0.05) is 48.5 Å². The van der Waals surface area contributed by atoms with Crippen molar-refractivity contribution in [3.8, 4) is 17.2 Å². The lowest BCUT2D eigenvalue weighted by Crippen LogP contribution is -2.43. The van der Waals surface area contributed by atoms with Crippen LogP contribution in [-0.2, 0) is 16.3 Å². The van der Waals surface area contributed by atoms with Gasteiger partial charge >= 0.3 is 6.18 Å². The molecule has 1 fully saturated rings. The lowest BCUT2D eigenvalue weighted by Gasteiger charge is -2.39. The summed E-state index contributed by atoms with van der Waals surface area (Å²) in [5.74, 6) is 0. The molecule has 0 aromatic heterocycles. The first-order valence-corrected chi connectivity index (χ1v) is 11.4. The van der Waals surface area contributed by atoms with Crippen molar-refractivity contribution >= 4 is 0 Å². The van der Waals surface area contributed by atoms with Crippen LogP contribution in [0.15, 0.2) is 72.8 Å². The summed E-state index contributed by atoms with van der Waals surface area (Å²) >= 11 is 0. The molecule has 1 heterocycles. The van der Waals surface area contributed by atoms with Gasteiger partial charge < -0.3 is 10.1 Å². The Morgan fingerprint density at radius 3 is 2.41 bits per heavy atom. The van der Waals surface area contributed by atoms with E-state index in [-0.39, 0.29) is 5.41 Å². The molecule has 0 saturated carbocycles. The van der Waals surface area contributed by atoms with Crippen LogP contribution >= 0.6 is 0 Å². The second kappa shape index (κ2) is 10.0. The van der Waals surface area contributed by atoms with Gasteiger partial charge in [-0.2, -0.15) is 18.4 Å². The predicted octanol–water partition coefficient (Wildman–Crippen LogP) is 6.64. The Bertz CT molecular complexity index is 1160. The van der Waals surface area contributed by atoms with E-state index in [0.29, 0.717) is 28.9 Å². The number of rotatable bonds is 6. The number of nitriles is 1. The van der Waals surface area contributed by atoms with Gasteiger partial charge in [-0.3, -0.25) is 0 Å². The van der Waals surface area contributed by atoms with Gasteiger partial charge in [0.05, 0.1) is 29.9 Å². The van der Waals surface area contributed by atoms with Crippen molar-refractivity contribution in [2.75, 3.05) is 19.7 Å². The standard InChI is InChI=1S/C28H27F3N2O/c1-20(34-19-27(12-14-33-15-13-27)23-7-3-2-4-8-23)26-16-21(18-32)10-11-25(26)22-6-5-9-24(17-22)28(29,30)31/h2-11,16-17,20,33H,12-15,19H2,1H3. The van der Waals surface area contributed by atoms with Gasteiger partial charge in [-0.25, -0.2) is 0 Å². The van der Waals surface area contributed by atoms with Crippen molar-refractivity contribution in [2.45, 2.75) is 37.5 Å². The quantitative estimate of drug-likeness (QED) is 0.445. The fraction of sp³-hybridized carbons (Fsp3) is 0.321. The Morgan fingerprint density at radius 1 is 1.00 bits per heavy atom. The number of piperidine rings is 1. The molecule has 1 unspecified atom stereocenters. The van der Waals surface area contributed by atoms with Gasteiger partial charge in [0.15, 0.2) is 0 Å². The maximum absolute atomic E-state index is 13.3. The number of hydrogen-bond donors (Lipinski definition) is 1. The highest BCUT2D eigenvalue weighted by Gasteiger charge is 2.35. The normalized spacial score (nSPS) is 16.6. The number of ether oxygens (including phenoxy) is 1. The van der Waals surface area contributed by atoms with Crippen LogP contribution in [0.5, 0.6) is 0 Å². The minimum atomic E-state index is -4.43. The summed E-state index contributed by atoms with van der Waals surface area (Å²) in [6.45, 7) is 4.17. The first kappa shape index (κ1) is 24.0. The molecule has 1 saturated heterocycles. The van der Waals surface area contributed by atoms with Crippen molar-refractivity contribution in [3.63, 3.8) is 0 Å². The number of benzene rings is 3. The number of hydrogen-bond acceptors (Lipinski definition) is 3. The molecule has 0 spiro atoms. The van der Waals surface area contributed by atoms with Gasteiger partial charge in [0.1, 0.15) is 0 Å². The molecule has 1 N–H and O–H groups in total. The summed E-state index contributed by atoms with van der Waals surface area (Å²) in [5.41, 5.74) is 2.63. The highest BCUT2D eigenvalue weighted by molar-refractivity contribution is 5.69. The zero-order valence-electron chi connectivity index (χ0n) is 19.0. The topological polar surface area (TPSA) is 45.0 Å². The average molecular weight is 465 g/mol. The summed E-state index contributed by atoms with van der Waals surface area (Å²) < 4.78 is 46.4. The van der Waals surface area contributed by atoms with E-state index in [0.717, 1.165) is 38.1 Å². The Balaban J connectivity index is 1.65. The third kappa shape index (κ3) is 5.16. The Hall–Kier alpha value is -3.14. The molecule has 1 atom stereocenters. The van der Waals surface area contributed by atoms with E-state index in [1.807, 2.05) is 25.1 Å². The molecule has 0 bridgehead atoms. The van der Waals surface area contributed by atoms with Crippen LogP contribution in [0, 0.1) is 11.3 Å². The first-order chi connectivity index (χ1) is 16.3. The molecule has 0 amide bonds. The molecule has 4 rings (SSSR count). The Morgan fingerprint density at radius 2 is 1.74 bits per heavy atom. The molecule has 34 heavy (non-hydrogen) atoms. The molecule has 6 heteroatoms. The lowest BCUT2D eigenvalue weighted by atomic mass is 9.74. The minimum absolute atomic E-state index is 0.135. The summed E-state index contributed by atoms with van der Waals surface area (Å²) in [5, 5.41) is 12.8. The molecule has 1 aliphatic rings. The zero-order valence-corrected chi connectivity index (χ0v) is 19.0. The molecule has 3 nitrogen and oxygen atoms in total. The zero-order chi connectivity index (χ0) is 24.2. The van der Waals surface area contributed by atoms with Crippen LogP contribution in [0.1, 0.15) is 48.1 Å². The molecule has 0 radical (unpaired) electrons. The van der Waals surface area contributed by atoms with E-state index in [1.165, 1.54) is 11.6 Å². The van der Waals surface area contributed by atoms with Gasteiger partial charge in [-0.15, -0.1) is 0 Å². The number of nitrogens with zero attached hydrogens (tertiary/aromatic N) is 1. The van der Waals surface area contributed by atoms with Crippen molar-refractivity contribution in [1.29, 1.82) is 5.26 Å². The predicted molar refractivity (Wildman–Crippen MR) is 126 cm³/mol. The first-order valence-electron chi connectivity index (χ1n) is 11.4. The van der Waals surface area contributed by atoms with Crippen LogP contribution in [0.25, 0.3) is 11.1 Å². The van der Waals surface area contributed by atoms with Crippen molar-refractivity contribution in [1.82, 2.24) is 5.32 Å². The van der Waals surface area contributed by atoms with Gasteiger partial charge in [-0.05, 0) is 79.4 Å². The Kier molecular flexibility index (Phi) is 7.06. The smallest absolute Gasteiger partial charge is 0.373 e. The molecular formula is C28H27F3N2O. The van der Waals surface area contributed by atoms with E-state index in [9.17, 15) is 18.4 Å². The van der Waals surface area contributed by atoms with Gasteiger partial charge in [0.25, 0.3) is 0 Å². The van der Waals surface area contributed by atoms with Crippen molar-refractivity contribution in [2.24, 2.45) is 0 Å². The fourth-order valence-electron chi connectivity index (χ4n) is 4.68. The summed E-state index contributed by atoms with van der Waals surface area (Å²) in [6.07, 6.45) is -2.97. The molecule has 3 aromatic rings. The van der Waals surface area contributed by atoms with Crippen LogP contribution in [0.2, 0.25) is 0 Å². The largest absolute Gasteiger partial charge is 0.416 e. The third-order valence-electron chi connectivity index (χ3n) is 6.68. The second-order valence-corrected chi connectivity index (χ2v) is 8.84. The van der Waals surface area contributed by atoms with Crippen molar-refractivity contribution in [3.05, 3.63) is 95.1 Å². The summed E-state index contributed by atoms with van der Waals surface area (Å²) in [4.78, 5) is 0. The lowest BCUT2D eigenvalue weighted by molar-refractivity contribution is -0.137. The highest BCUT2D eigenvalue weighted by atomic mass is 19.4. The maximum Gasteiger partial charge on any atom is 0.416 e. The fourth-order valence-corrected chi connectivity index (χ4v) is 4.68. The monoisotopic (exact) mass is 464 g/mol. The van der Waals surface area contributed by atoms with E-state index in [2.05, 4.69) is 23.5 Å². The Labute approximate surface area is 198 Å². The number of alkyl halides is 3. The van der Waals surface area contributed by atoms with Crippen LogP contribution in [-0.4, -0.2) is 19.7 Å². The van der Waals surface area contributed by atoms with E-state index < -0.39 is 17.8 Å². The van der Waals surface area contributed by atoms with Gasteiger partial charge in [0.2, 0.25) is 0 Å². The molecule has 3 aromatic carbocycles. The van der Waals surface area contributed by atoms with Gasteiger partial charge in [0, 0.05) is 5.41 Å². The number of halogens is 3. The molecular weight excluding hydrogens is 437 g/mol. The average Bonchev–Trinajstić information content (AvgIpc) is 2.87. The van der Waals surface area contributed by atoms with Crippen LogP contribution in [0.3, 0.4) is 0 Å². The minimum Gasteiger partial charge on any atom is -0.373 e. The SMILES string of the molecule is CC(OCC1(c2ccccc2)CCNCC1)c1cc(C#N)ccc1-c1cccc(C(F)(F)F)c1. The van der Waals surface area contributed by atoms with E-state index in [1.54, 1.807) is 24.3 Å². The third-order valence-corrected chi connectivity index (χ3v) is 6.68. The molecule has 0 aliphatic carbocycles. The summed E-state index contributed by atoms with van der Waals surface area (Å²) in [6, 6.07) is 22.8. The second-order valence-electron chi connectivity index (χ2n) is 8.84. The van der Waals surface area contributed by atoms with Crippen molar-refractivity contribution < 1.29 is 17.9 Å². The maximum atomic E-state index is 13.3. The number of nitrogens with one attached hydrogen (secondary N) is 1. The van der Waals surface area contributed by atoms with E-state index in [4.69, 9.17) is 4.74 Å². The summed E-state index contributed by atoms with van der Waals surface area (Å²) in [7, 11) is 0. The van der Waals surface area contributed by atoms with Crippen LogP contribution < -0.4 is 5.32 Å². The highest BCUT2D eigenvalue weighted by Crippen LogP contribution is 2.38. The molecule has 1 aliphatic heterocycles.